The van der Waals surface area contributed by atoms with Crippen LogP contribution in [-0.4, -0.2) is 18.3 Å². The maximum absolute atomic E-state index is 11.3. The lowest BCUT2D eigenvalue weighted by Crippen LogP contribution is -2.50. The van der Waals surface area contributed by atoms with Crippen LogP contribution < -0.4 is 0 Å². The van der Waals surface area contributed by atoms with Crippen molar-refractivity contribution in [3.63, 3.8) is 0 Å². The van der Waals surface area contributed by atoms with E-state index >= 15 is 0 Å². The lowest BCUT2D eigenvalue weighted by atomic mass is 9.60. The molecule has 3 heteroatoms. The quantitative estimate of drug-likeness (QED) is 0.841. The van der Waals surface area contributed by atoms with E-state index in [9.17, 15) is 10.4 Å². The predicted molar refractivity (Wildman–Crippen MR) is 71.4 cm³/mol. The maximum atomic E-state index is 11.3. The van der Waals surface area contributed by atoms with Crippen molar-refractivity contribution in [2.45, 2.75) is 37.7 Å². The number of ether oxygens (including phenoxy) is 1. The summed E-state index contributed by atoms with van der Waals surface area (Å²) < 4.78 is 5.39. The number of nitriles is 1. The maximum Gasteiger partial charge on any atom is 0.109 e. The summed E-state index contributed by atoms with van der Waals surface area (Å²) in [5.41, 5.74) is 0.448. The van der Waals surface area contributed by atoms with E-state index in [1.54, 1.807) is 0 Å². The number of nitrogens with zero attached hydrogens (tertiary/aromatic N) is 1. The van der Waals surface area contributed by atoms with E-state index in [1.807, 2.05) is 18.2 Å². The van der Waals surface area contributed by atoms with Gasteiger partial charge in [0.15, 0.2) is 0 Å². The summed E-state index contributed by atoms with van der Waals surface area (Å²) in [5, 5.41) is 21.0. The molecule has 1 aromatic carbocycles. The van der Waals surface area contributed by atoms with Crippen LogP contribution in [0.3, 0.4) is 0 Å². The molecule has 0 radical (unpaired) electrons. The molecule has 19 heavy (non-hydrogen) atoms. The lowest BCUT2D eigenvalue weighted by Gasteiger charge is -2.47. The molecule has 3 nitrogen and oxygen atoms in total. The second-order valence-electron chi connectivity index (χ2n) is 5.68. The molecule has 1 atom stereocenters. The van der Waals surface area contributed by atoms with Crippen molar-refractivity contribution in [3.05, 3.63) is 35.4 Å². The third-order valence-electron chi connectivity index (χ3n) is 4.80. The van der Waals surface area contributed by atoms with Gasteiger partial charge in [-0.25, -0.2) is 0 Å². The Morgan fingerprint density at radius 3 is 2.63 bits per heavy atom. The van der Waals surface area contributed by atoms with E-state index in [1.165, 1.54) is 5.56 Å². The first-order chi connectivity index (χ1) is 9.22. The number of aliphatic hydroxyl groups is 1. The van der Waals surface area contributed by atoms with E-state index in [0.29, 0.717) is 32.5 Å². The average molecular weight is 257 g/mol. The highest BCUT2D eigenvalue weighted by atomic mass is 16.5. The Balaban J connectivity index is 2.10. The Morgan fingerprint density at radius 1 is 1.16 bits per heavy atom. The molecule has 0 amide bonds. The first-order valence-corrected chi connectivity index (χ1v) is 7.02. The summed E-state index contributed by atoms with van der Waals surface area (Å²) in [6.07, 6.45) is 3.86. The number of hydrogen-bond acceptors (Lipinski definition) is 3. The molecule has 100 valence electrons. The van der Waals surface area contributed by atoms with Crippen molar-refractivity contribution in [2.75, 3.05) is 13.2 Å². The Kier molecular flexibility index (Phi) is 3.08. The molecule has 0 saturated carbocycles. The smallest absolute Gasteiger partial charge is 0.109 e. The summed E-state index contributed by atoms with van der Waals surface area (Å²) in [6.45, 7) is 1.13. The van der Waals surface area contributed by atoms with Crippen LogP contribution in [-0.2, 0) is 16.8 Å². The predicted octanol–water partition coefficient (Wildman–Crippen LogP) is 2.53. The van der Waals surface area contributed by atoms with Crippen molar-refractivity contribution in [2.24, 2.45) is 5.41 Å². The zero-order valence-corrected chi connectivity index (χ0v) is 11.1. The van der Waals surface area contributed by atoms with Crippen LogP contribution in [0.2, 0.25) is 0 Å². The standard InChI is InChI=1S/C16H19NO2/c17-12-15(8-10-19-11-9-15)16(18)7-3-5-13-4-1-2-6-14(13)16/h1-2,4,6,18H,3,5,7-11H2. The summed E-state index contributed by atoms with van der Waals surface area (Å²) in [5.74, 6) is 0. The number of aryl methyl sites for hydroxylation is 1. The van der Waals surface area contributed by atoms with Crippen molar-refractivity contribution in [1.29, 1.82) is 5.26 Å². The third kappa shape index (κ3) is 1.79. The zero-order chi connectivity index (χ0) is 13.3. The first-order valence-electron chi connectivity index (χ1n) is 7.02. The first kappa shape index (κ1) is 12.7. The molecule has 2 aliphatic rings. The Hall–Kier alpha value is -1.37. The second kappa shape index (κ2) is 4.63. The van der Waals surface area contributed by atoms with Gasteiger partial charge >= 0.3 is 0 Å². The Bertz CT molecular complexity index is 514. The Morgan fingerprint density at radius 2 is 1.89 bits per heavy atom. The molecule has 1 unspecified atom stereocenters. The van der Waals surface area contributed by atoms with Crippen LogP contribution in [0, 0.1) is 16.7 Å². The highest BCUT2D eigenvalue weighted by Gasteiger charge is 2.53. The van der Waals surface area contributed by atoms with Crippen LogP contribution in [0.15, 0.2) is 24.3 Å². The summed E-state index contributed by atoms with van der Waals surface area (Å²) in [4.78, 5) is 0. The molecular formula is C16H19NO2. The highest BCUT2D eigenvalue weighted by Crippen LogP contribution is 2.52. The average Bonchev–Trinajstić information content (AvgIpc) is 2.48. The second-order valence-corrected chi connectivity index (χ2v) is 5.68. The summed E-state index contributed by atoms with van der Waals surface area (Å²) in [7, 11) is 0. The van der Waals surface area contributed by atoms with Gasteiger partial charge in [-0.1, -0.05) is 24.3 Å². The van der Waals surface area contributed by atoms with Crippen LogP contribution in [0.1, 0.15) is 36.8 Å². The minimum atomic E-state index is -1.01. The van der Waals surface area contributed by atoms with Gasteiger partial charge in [-0.3, -0.25) is 0 Å². The fraction of sp³-hybridized carbons (Fsp3) is 0.562. The van der Waals surface area contributed by atoms with E-state index in [2.05, 4.69) is 12.1 Å². The van der Waals surface area contributed by atoms with Gasteiger partial charge in [0.1, 0.15) is 5.60 Å². The van der Waals surface area contributed by atoms with Crippen LogP contribution >= 0.6 is 0 Å². The SMILES string of the molecule is N#CC1(C2(O)CCCc3ccccc32)CCOCC1. The molecule has 1 aromatic rings. The van der Waals surface area contributed by atoms with Crippen molar-refractivity contribution < 1.29 is 9.84 Å². The molecule has 1 aliphatic heterocycles. The van der Waals surface area contributed by atoms with Gasteiger partial charge in [-0.05, 0) is 43.2 Å². The van der Waals surface area contributed by atoms with Gasteiger partial charge in [0, 0.05) is 13.2 Å². The number of rotatable bonds is 1. The van der Waals surface area contributed by atoms with Gasteiger partial charge in [0.25, 0.3) is 0 Å². The molecule has 3 rings (SSSR count). The minimum absolute atomic E-state index is 0.567. The normalized spacial score (nSPS) is 29.3. The number of fused-ring (bicyclic) bond motifs is 1. The molecule has 1 aliphatic carbocycles. The molecule has 0 aromatic heterocycles. The van der Waals surface area contributed by atoms with Gasteiger partial charge in [0.2, 0.25) is 0 Å². The van der Waals surface area contributed by atoms with Crippen LogP contribution in [0.4, 0.5) is 0 Å². The van der Waals surface area contributed by atoms with Crippen molar-refractivity contribution in [3.8, 4) is 6.07 Å². The van der Waals surface area contributed by atoms with E-state index < -0.39 is 11.0 Å². The topological polar surface area (TPSA) is 53.2 Å². The zero-order valence-electron chi connectivity index (χ0n) is 11.1. The molecule has 1 saturated heterocycles. The fourth-order valence-electron chi connectivity index (χ4n) is 3.65. The van der Waals surface area contributed by atoms with Crippen molar-refractivity contribution in [1.82, 2.24) is 0 Å². The van der Waals surface area contributed by atoms with E-state index in [0.717, 1.165) is 18.4 Å². The summed E-state index contributed by atoms with van der Waals surface area (Å²) >= 11 is 0. The monoisotopic (exact) mass is 257 g/mol. The largest absolute Gasteiger partial charge is 0.383 e. The fourth-order valence-corrected chi connectivity index (χ4v) is 3.65. The summed E-state index contributed by atoms with van der Waals surface area (Å²) in [6, 6.07) is 10.5. The number of hydrogen-bond donors (Lipinski definition) is 1. The van der Waals surface area contributed by atoms with E-state index in [-0.39, 0.29) is 0 Å². The highest BCUT2D eigenvalue weighted by molar-refractivity contribution is 5.38. The van der Waals surface area contributed by atoms with Crippen molar-refractivity contribution >= 4 is 0 Å². The lowest BCUT2D eigenvalue weighted by molar-refractivity contribution is -0.119. The number of benzene rings is 1. The molecular weight excluding hydrogens is 238 g/mol. The molecule has 0 spiro atoms. The third-order valence-corrected chi connectivity index (χ3v) is 4.80. The molecule has 1 N–H and O–H groups in total. The Labute approximate surface area is 113 Å². The van der Waals surface area contributed by atoms with Crippen LogP contribution in [0.25, 0.3) is 0 Å². The van der Waals surface area contributed by atoms with Crippen LogP contribution in [0.5, 0.6) is 0 Å². The molecule has 1 fully saturated rings. The van der Waals surface area contributed by atoms with Gasteiger partial charge in [-0.15, -0.1) is 0 Å². The van der Waals surface area contributed by atoms with Gasteiger partial charge in [0.05, 0.1) is 11.5 Å². The minimum Gasteiger partial charge on any atom is -0.383 e. The van der Waals surface area contributed by atoms with Gasteiger partial charge < -0.3 is 9.84 Å². The van der Waals surface area contributed by atoms with Gasteiger partial charge in [-0.2, -0.15) is 5.26 Å². The van der Waals surface area contributed by atoms with E-state index in [4.69, 9.17) is 4.74 Å². The molecule has 0 bridgehead atoms. The molecule has 1 heterocycles.